The standard InChI is InChI=1S/C23H32N2O3/c1-15-3-2-4-20-21(15)28-19(14-27-20)13-24-5-6-25-22(26)23-10-16-7-17(11-23)9-18(8-16)12-23/h2-4,16-19,24H,5-14H2,1H3,(H,25,26). The average molecular weight is 385 g/mol. The van der Waals surface area contributed by atoms with E-state index in [-0.39, 0.29) is 11.5 Å². The van der Waals surface area contributed by atoms with Crippen LogP contribution in [0.4, 0.5) is 0 Å². The van der Waals surface area contributed by atoms with Crippen LogP contribution in [0, 0.1) is 30.1 Å². The summed E-state index contributed by atoms with van der Waals surface area (Å²) < 4.78 is 11.9. The second-order valence-corrected chi connectivity index (χ2v) is 9.61. The first-order valence-electron chi connectivity index (χ1n) is 11.0. The summed E-state index contributed by atoms with van der Waals surface area (Å²) in [6, 6.07) is 5.98. The maximum Gasteiger partial charge on any atom is 0.226 e. The molecule has 1 aliphatic heterocycles. The van der Waals surface area contributed by atoms with Crippen LogP contribution in [0.1, 0.15) is 44.1 Å². The van der Waals surface area contributed by atoms with E-state index in [1.807, 2.05) is 25.1 Å². The highest BCUT2D eigenvalue weighted by atomic mass is 16.6. The number of amides is 1. The van der Waals surface area contributed by atoms with Gasteiger partial charge in [0.1, 0.15) is 12.7 Å². The van der Waals surface area contributed by atoms with E-state index in [0.29, 0.717) is 19.1 Å². The summed E-state index contributed by atoms with van der Waals surface area (Å²) in [4.78, 5) is 13.0. The highest BCUT2D eigenvalue weighted by Crippen LogP contribution is 2.60. The molecule has 1 atom stereocenters. The molecule has 1 heterocycles. The third-order valence-electron chi connectivity index (χ3n) is 7.36. The van der Waals surface area contributed by atoms with Crippen LogP contribution >= 0.6 is 0 Å². The van der Waals surface area contributed by atoms with Crippen LogP contribution in [0.3, 0.4) is 0 Å². The topological polar surface area (TPSA) is 59.6 Å². The Kier molecular flexibility index (Phi) is 4.74. The van der Waals surface area contributed by atoms with Crippen molar-refractivity contribution in [2.75, 3.05) is 26.2 Å². The summed E-state index contributed by atoms with van der Waals surface area (Å²) in [7, 11) is 0. The van der Waals surface area contributed by atoms with E-state index in [4.69, 9.17) is 9.47 Å². The van der Waals surface area contributed by atoms with Gasteiger partial charge in [0, 0.05) is 25.0 Å². The molecule has 6 rings (SSSR count). The van der Waals surface area contributed by atoms with E-state index < -0.39 is 0 Å². The highest BCUT2D eigenvalue weighted by Gasteiger charge is 2.54. The molecule has 0 spiro atoms. The zero-order valence-electron chi connectivity index (χ0n) is 16.8. The van der Waals surface area contributed by atoms with Crippen LogP contribution in [0.25, 0.3) is 0 Å². The fraction of sp³-hybridized carbons (Fsp3) is 0.696. The second-order valence-electron chi connectivity index (χ2n) is 9.61. The lowest BCUT2D eigenvalue weighted by Crippen LogP contribution is -2.54. The number of benzene rings is 1. The number of carbonyl (C=O) groups is 1. The zero-order valence-corrected chi connectivity index (χ0v) is 16.8. The maximum absolute atomic E-state index is 13.0. The smallest absolute Gasteiger partial charge is 0.226 e. The van der Waals surface area contributed by atoms with Crippen molar-refractivity contribution in [2.24, 2.45) is 23.2 Å². The molecule has 1 amide bonds. The van der Waals surface area contributed by atoms with Gasteiger partial charge in [0.25, 0.3) is 0 Å². The van der Waals surface area contributed by atoms with E-state index in [1.54, 1.807) is 0 Å². The second kappa shape index (κ2) is 7.25. The van der Waals surface area contributed by atoms with Gasteiger partial charge in [-0.3, -0.25) is 4.79 Å². The first-order chi connectivity index (χ1) is 13.6. The molecular weight excluding hydrogens is 352 g/mol. The van der Waals surface area contributed by atoms with Crippen molar-refractivity contribution in [2.45, 2.75) is 51.6 Å². The average Bonchev–Trinajstić information content (AvgIpc) is 2.67. The first-order valence-corrected chi connectivity index (χ1v) is 11.0. The predicted molar refractivity (Wildman–Crippen MR) is 108 cm³/mol. The molecule has 4 saturated carbocycles. The van der Waals surface area contributed by atoms with Crippen molar-refractivity contribution in [3.8, 4) is 11.5 Å². The molecule has 4 aliphatic carbocycles. The van der Waals surface area contributed by atoms with E-state index in [9.17, 15) is 4.79 Å². The first kappa shape index (κ1) is 18.3. The molecular formula is C23H32N2O3. The van der Waals surface area contributed by atoms with Crippen LogP contribution in [0.2, 0.25) is 0 Å². The van der Waals surface area contributed by atoms with Gasteiger partial charge >= 0.3 is 0 Å². The van der Waals surface area contributed by atoms with Crippen LogP contribution in [-0.4, -0.2) is 38.3 Å². The van der Waals surface area contributed by atoms with E-state index in [2.05, 4.69) is 10.6 Å². The van der Waals surface area contributed by atoms with Crippen LogP contribution in [-0.2, 0) is 4.79 Å². The van der Waals surface area contributed by atoms with Crippen LogP contribution < -0.4 is 20.1 Å². The Morgan fingerprint density at radius 2 is 1.82 bits per heavy atom. The van der Waals surface area contributed by atoms with Gasteiger partial charge in [0.15, 0.2) is 11.5 Å². The Bertz CT molecular complexity index is 712. The molecule has 28 heavy (non-hydrogen) atoms. The molecule has 5 heteroatoms. The zero-order chi connectivity index (χ0) is 19.1. The Labute approximate surface area is 167 Å². The Morgan fingerprint density at radius 3 is 2.54 bits per heavy atom. The molecule has 0 aromatic heterocycles. The van der Waals surface area contributed by atoms with Crippen molar-refractivity contribution in [3.63, 3.8) is 0 Å². The lowest BCUT2D eigenvalue weighted by molar-refractivity contribution is -0.146. The fourth-order valence-electron chi connectivity index (χ4n) is 6.48. The summed E-state index contributed by atoms with van der Waals surface area (Å²) in [5, 5.41) is 6.64. The largest absolute Gasteiger partial charge is 0.486 e. The van der Waals surface area contributed by atoms with Crippen LogP contribution in [0.5, 0.6) is 11.5 Å². The normalized spacial score (nSPS) is 35.0. The van der Waals surface area contributed by atoms with E-state index >= 15 is 0 Å². The number of aryl methyl sites for hydroxylation is 1. The molecule has 4 fully saturated rings. The molecule has 5 nitrogen and oxygen atoms in total. The minimum absolute atomic E-state index is 0.00690. The number of rotatable bonds is 6. The molecule has 1 aromatic rings. The number of carbonyl (C=O) groups excluding carboxylic acids is 1. The minimum Gasteiger partial charge on any atom is -0.486 e. The summed E-state index contributed by atoms with van der Waals surface area (Å²) in [6.07, 6.45) is 7.52. The maximum atomic E-state index is 13.0. The number of hydrogen-bond acceptors (Lipinski definition) is 4. The van der Waals surface area contributed by atoms with Crippen molar-refractivity contribution in [1.82, 2.24) is 10.6 Å². The number of ether oxygens (including phenoxy) is 2. The Balaban J connectivity index is 1.06. The summed E-state index contributed by atoms with van der Waals surface area (Å²) >= 11 is 0. The lowest BCUT2D eigenvalue weighted by Gasteiger charge is -2.55. The fourth-order valence-corrected chi connectivity index (χ4v) is 6.48. The van der Waals surface area contributed by atoms with Gasteiger partial charge in [-0.15, -0.1) is 0 Å². The molecule has 152 valence electrons. The van der Waals surface area contributed by atoms with Gasteiger partial charge in [-0.2, -0.15) is 0 Å². The molecule has 1 unspecified atom stereocenters. The van der Waals surface area contributed by atoms with Gasteiger partial charge in [-0.1, -0.05) is 12.1 Å². The highest BCUT2D eigenvalue weighted by molar-refractivity contribution is 5.83. The lowest BCUT2D eigenvalue weighted by atomic mass is 9.49. The number of para-hydroxylation sites is 1. The van der Waals surface area contributed by atoms with Crippen molar-refractivity contribution >= 4 is 5.91 Å². The molecule has 2 N–H and O–H groups in total. The van der Waals surface area contributed by atoms with Crippen LogP contribution in [0.15, 0.2) is 18.2 Å². The minimum atomic E-state index is -0.0453. The van der Waals surface area contributed by atoms with Gasteiger partial charge in [-0.05, 0) is 74.8 Å². The monoisotopic (exact) mass is 384 g/mol. The molecule has 1 aromatic carbocycles. The third kappa shape index (κ3) is 3.38. The molecule has 5 aliphatic rings. The summed E-state index contributed by atoms with van der Waals surface area (Å²) in [6.45, 7) is 4.77. The van der Waals surface area contributed by atoms with E-state index in [1.165, 1.54) is 19.3 Å². The summed E-state index contributed by atoms with van der Waals surface area (Å²) in [5.41, 5.74) is 1.06. The van der Waals surface area contributed by atoms with Gasteiger partial charge in [0.05, 0.1) is 0 Å². The number of fused-ring (bicyclic) bond motifs is 1. The molecule has 0 radical (unpaired) electrons. The number of nitrogens with one attached hydrogen (secondary N) is 2. The van der Waals surface area contributed by atoms with Gasteiger partial charge in [0.2, 0.25) is 5.91 Å². The summed E-state index contributed by atoms with van der Waals surface area (Å²) in [5.74, 6) is 4.43. The predicted octanol–water partition coefficient (Wildman–Crippen LogP) is 3.06. The molecule has 4 bridgehead atoms. The Hall–Kier alpha value is -1.75. The quantitative estimate of drug-likeness (QED) is 0.740. The SMILES string of the molecule is Cc1cccc2c1OC(CNCCNC(=O)C13CC4CC(CC(C4)C1)C3)CO2. The van der Waals surface area contributed by atoms with Crippen molar-refractivity contribution < 1.29 is 14.3 Å². The third-order valence-corrected chi connectivity index (χ3v) is 7.36. The van der Waals surface area contributed by atoms with E-state index in [0.717, 1.165) is 67.2 Å². The Morgan fingerprint density at radius 1 is 1.11 bits per heavy atom. The van der Waals surface area contributed by atoms with Crippen molar-refractivity contribution in [3.05, 3.63) is 23.8 Å². The van der Waals surface area contributed by atoms with Gasteiger partial charge < -0.3 is 20.1 Å². The molecule has 0 saturated heterocycles. The van der Waals surface area contributed by atoms with Crippen molar-refractivity contribution in [1.29, 1.82) is 0 Å². The number of hydrogen-bond donors (Lipinski definition) is 2. The van der Waals surface area contributed by atoms with Gasteiger partial charge in [-0.25, -0.2) is 0 Å².